The molecule has 3 aromatic rings. The summed E-state index contributed by atoms with van der Waals surface area (Å²) in [6, 6.07) is 18.0. The van der Waals surface area contributed by atoms with Crippen LogP contribution in [-0.2, 0) is 0 Å². The molecule has 0 spiro atoms. The standard InChI is InChI=1S/C22H20ClN3OS/c1-14-13-28-22(24-14)26(19-11-9-18(23)10-12-19)15(2)20-16(3)27-25-21(20)17-7-5-4-6-8-17/h4-12,14H,2,13H2,1,3H3. The second-order valence-electron chi connectivity index (χ2n) is 6.66. The number of hydrogen-bond acceptors (Lipinski definition) is 5. The molecule has 0 N–H and O–H groups in total. The molecule has 28 heavy (non-hydrogen) atoms. The van der Waals surface area contributed by atoms with E-state index in [9.17, 15) is 0 Å². The van der Waals surface area contributed by atoms with Gasteiger partial charge in [-0.1, -0.05) is 65.4 Å². The summed E-state index contributed by atoms with van der Waals surface area (Å²) < 4.78 is 5.55. The monoisotopic (exact) mass is 409 g/mol. The summed E-state index contributed by atoms with van der Waals surface area (Å²) in [4.78, 5) is 6.88. The highest BCUT2D eigenvalue weighted by Crippen LogP contribution is 2.37. The fourth-order valence-electron chi connectivity index (χ4n) is 3.17. The highest BCUT2D eigenvalue weighted by atomic mass is 35.5. The minimum atomic E-state index is 0.264. The first-order chi connectivity index (χ1) is 13.5. The van der Waals surface area contributed by atoms with Gasteiger partial charge in [0.1, 0.15) is 11.5 Å². The Morgan fingerprint density at radius 3 is 2.54 bits per heavy atom. The number of hydrogen-bond donors (Lipinski definition) is 0. The van der Waals surface area contributed by atoms with E-state index in [2.05, 4.69) is 23.6 Å². The predicted molar refractivity (Wildman–Crippen MR) is 119 cm³/mol. The zero-order valence-electron chi connectivity index (χ0n) is 15.7. The van der Waals surface area contributed by atoms with E-state index in [1.165, 1.54) is 0 Å². The molecule has 1 aromatic heterocycles. The molecule has 2 heterocycles. The minimum Gasteiger partial charge on any atom is -0.360 e. The van der Waals surface area contributed by atoms with Crippen LogP contribution in [-0.4, -0.2) is 22.1 Å². The lowest BCUT2D eigenvalue weighted by Crippen LogP contribution is -2.26. The smallest absolute Gasteiger partial charge is 0.168 e. The van der Waals surface area contributed by atoms with Gasteiger partial charge in [0.05, 0.1) is 17.3 Å². The normalized spacial score (nSPS) is 16.1. The molecule has 4 rings (SSSR count). The molecule has 0 amide bonds. The summed E-state index contributed by atoms with van der Waals surface area (Å²) in [5.41, 5.74) is 4.37. The topological polar surface area (TPSA) is 41.6 Å². The van der Waals surface area contributed by atoms with E-state index >= 15 is 0 Å². The van der Waals surface area contributed by atoms with Crippen molar-refractivity contribution >= 4 is 39.9 Å². The molecule has 0 fully saturated rings. The van der Waals surface area contributed by atoms with Crippen LogP contribution in [0.4, 0.5) is 5.69 Å². The van der Waals surface area contributed by atoms with Crippen molar-refractivity contribution in [2.75, 3.05) is 10.7 Å². The Bertz CT molecular complexity index is 1030. The zero-order valence-corrected chi connectivity index (χ0v) is 17.3. The van der Waals surface area contributed by atoms with Gasteiger partial charge in [-0.15, -0.1) is 0 Å². The predicted octanol–water partition coefficient (Wildman–Crippen LogP) is 6.27. The molecule has 0 aliphatic carbocycles. The molecule has 1 atom stereocenters. The van der Waals surface area contributed by atoms with Crippen LogP contribution in [0.5, 0.6) is 0 Å². The Morgan fingerprint density at radius 1 is 1.18 bits per heavy atom. The second-order valence-corrected chi connectivity index (χ2v) is 8.08. The van der Waals surface area contributed by atoms with Crippen molar-refractivity contribution in [2.24, 2.45) is 4.99 Å². The van der Waals surface area contributed by atoms with E-state index in [-0.39, 0.29) is 6.04 Å². The van der Waals surface area contributed by atoms with E-state index in [0.717, 1.165) is 44.9 Å². The lowest BCUT2D eigenvalue weighted by Gasteiger charge is -2.26. The lowest BCUT2D eigenvalue weighted by molar-refractivity contribution is 0.399. The van der Waals surface area contributed by atoms with E-state index in [1.54, 1.807) is 11.8 Å². The second kappa shape index (κ2) is 7.86. The Morgan fingerprint density at radius 2 is 1.89 bits per heavy atom. The van der Waals surface area contributed by atoms with Gasteiger partial charge in [-0.05, 0) is 38.1 Å². The molecule has 0 bridgehead atoms. The maximum atomic E-state index is 6.11. The number of anilines is 1. The largest absolute Gasteiger partial charge is 0.360 e. The van der Waals surface area contributed by atoms with Crippen molar-refractivity contribution in [3.8, 4) is 11.3 Å². The molecule has 1 unspecified atom stereocenters. The summed E-state index contributed by atoms with van der Waals surface area (Å²) in [5.74, 6) is 1.67. The van der Waals surface area contributed by atoms with Crippen LogP contribution in [0.15, 0.2) is 70.7 Å². The number of aryl methyl sites for hydroxylation is 1. The van der Waals surface area contributed by atoms with E-state index < -0.39 is 0 Å². The Kier molecular flexibility index (Phi) is 5.29. The van der Waals surface area contributed by atoms with Crippen molar-refractivity contribution in [1.82, 2.24) is 5.16 Å². The molecule has 6 heteroatoms. The molecule has 142 valence electrons. The van der Waals surface area contributed by atoms with Crippen LogP contribution in [0, 0.1) is 6.92 Å². The summed E-state index contributed by atoms with van der Waals surface area (Å²) in [5, 5.41) is 5.91. The molecule has 1 aliphatic rings. The van der Waals surface area contributed by atoms with Gasteiger partial charge in [-0.3, -0.25) is 9.89 Å². The number of halogens is 1. The molecule has 0 saturated heterocycles. The number of aromatic nitrogens is 1. The van der Waals surface area contributed by atoms with E-state index in [4.69, 9.17) is 21.1 Å². The molecule has 4 nitrogen and oxygen atoms in total. The van der Waals surface area contributed by atoms with Crippen LogP contribution >= 0.6 is 23.4 Å². The van der Waals surface area contributed by atoms with Crippen molar-refractivity contribution in [3.05, 3.63) is 77.5 Å². The summed E-state index contributed by atoms with van der Waals surface area (Å²) in [6.07, 6.45) is 0. The molecular formula is C22H20ClN3OS. The fraction of sp³-hybridized carbons (Fsp3) is 0.182. The number of aliphatic imine (C=N–C) groups is 1. The number of amidine groups is 1. The minimum absolute atomic E-state index is 0.264. The quantitative estimate of drug-likeness (QED) is 0.509. The maximum absolute atomic E-state index is 6.11. The Labute approximate surface area is 173 Å². The zero-order chi connectivity index (χ0) is 19.7. The van der Waals surface area contributed by atoms with Gasteiger partial charge in [0.25, 0.3) is 0 Å². The maximum Gasteiger partial charge on any atom is 0.168 e. The average Bonchev–Trinajstić information content (AvgIpc) is 3.30. The Balaban J connectivity index is 1.82. The highest BCUT2D eigenvalue weighted by Gasteiger charge is 2.28. The third-order valence-electron chi connectivity index (χ3n) is 4.53. The first kappa shape index (κ1) is 18.8. The van der Waals surface area contributed by atoms with Crippen LogP contribution < -0.4 is 4.90 Å². The van der Waals surface area contributed by atoms with Gasteiger partial charge in [0, 0.05) is 22.0 Å². The first-order valence-electron chi connectivity index (χ1n) is 9.02. The number of rotatable bonds is 4. The van der Waals surface area contributed by atoms with Gasteiger partial charge >= 0.3 is 0 Å². The van der Waals surface area contributed by atoms with Crippen molar-refractivity contribution in [1.29, 1.82) is 0 Å². The van der Waals surface area contributed by atoms with Crippen LogP contribution in [0.3, 0.4) is 0 Å². The summed E-state index contributed by atoms with van der Waals surface area (Å²) >= 11 is 7.83. The lowest BCUT2D eigenvalue weighted by atomic mass is 10.0. The molecule has 2 aromatic carbocycles. The highest BCUT2D eigenvalue weighted by molar-refractivity contribution is 8.14. The van der Waals surface area contributed by atoms with E-state index in [0.29, 0.717) is 5.02 Å². The third kappa shape index (κ3) is 3.60. The molecule has 1 aliphatic heterocycles. The van der Waals surface area contributed by atoms with Gasteiger partial charge in [-0.2, -0.15) is 0 Å². The van der Waals surface area contributed by atoms with Crippen molar-refractivity contribution in [2.45, 2.75) is 19.9 Å². The number of thioether (sulfide) groups is 1. The molecule has 0 radical (unpaired) electrons. The average molecular weight is 410 g/mol. The summed E-state index contributed by atoms with van der Waals surface area (Å²) in [7, 11) is 0. The first-order valence-corrected chi connectivity index (χ1v) is 10.4. The van der Waals surface area contributed by atoms with Gasteiger partial charge in [0.15, 0.2) is 5.17 Å². The number of nitrogens with zero attached hydrogens (tertiary/aromatic N) is 3. The van der Waals surface area contributed by atoms with Crippen LogP contribution in [0.1, 0.15) is 18.2 Å². The molecular weight excluding hydrogens is 390 g/mol. The number of benzene rings is 2. The molecule has 0 saturated carbocycles. The third-order valence-corrected chi connectivity index (χ3v) is 5.98. The fourth-order valence-corrected chi connectivity index (χ4v) is 4.36. The van der Waals surface area contributed by atoms with Gasteiger partial charge in [-0.25, -0.2) is 0 Å². The van der Waals surface area contributed by atoms with Gasteiger partial charge < -0.3 is 4.52 Å². The SMILES string of the molecule is C=C(c1c(-c2ccccc2)noc1C)N(C1=NC(C)CS1)c1ccc(Cl)cc1. The Hall–Kier alpha value is -2.50. The van der Waals surface area contributed by atoms with Crippen LogP contribution in [0.2, 0.25) is 5.02 Å². The van der Waals surface area contributed by atoms with E-state index in [1.807, 2.05) is 61.5 Å². The van der Waals surface area contributed by atoms with Gasteiger partial charge in [0.2, 0.25) is 0 Å². The summed E-state index contributed by atoms with van der Waals surface area (Å²) in [6.45, 7) is 8.43. The van der Waals surface area contributed by atoms with Crippen molar-refractivity contribution in [3.63, 3.8) is 0 Å². The van der Waals surface area contributed by atoms with Crippen LogP contribution in [0.25, 0.3) is 17.0 Å². The van der Waals surface area contributed by atoms with Crippen molar-refractivity contribution < 1.29 is 4.52 Å².